The summed E-state index contributed by atoms with van der Waals surface area (Å²) in [5.74, 6) is 0. The summed E-state index contributed by atoms with van der Waals surface area (Å²) in [4.78, 5) is 5.66. The molecule has 0 aliphatic rings. The van der Waals surface area contributed by atoms with Gasteiger partial charge in [-0.3, -0.25) is 0 Å². The molecule has 102 valence electrons. The number of aromatic nitrogens is 1. The van der Waals surface area contributed by atoms with E-state index in [1.807, 2.05) is 18.4 Å². The first-order valence-electron chi connectivity index (χ1n) is 6.30. The smallest absolute Gasteiger partial charge is 0.0901 e. The lowest BCUT2D eigenvalue weighted by molar-refractivity contribution is 1.19. The fraction of sp³-hybridized carbons (Fsp3) is 0.133. The summed E-state index contributed by atoms with van der Waals surface area (Å²) in [6, 6.07) is 10.3. The molecule has 3 nitrogen and oxygen atoms in total. The number of benzene rings is 1. The summed E-state index contributed by atoms with van der Waals surface area (Å²) in [5.41, 5.74) is 10.0. The van der Waals surface area contributed by atoms with Crippen LogP contribution in [0.4, 0.5) is 11.4 Å². The molecule has 0 amide bonds. The first-order valence-corrected chi connectivity index (χ1v) is 8.06. The molecule has 0 saturated heterocycles. The molecular weight excluding hydrogens is 286 g/mol. The second-order valence-electron chi connectivity index (χ2n) is 4.48. The Labute approximate surface area is 126 Å². The van der Waals surface area contributed by atoms with Gasteiger partial charge in [-0.2, -0.15) is 0 Å². The van der Waals surface area contributed by atoms with Gasteiger partial charge in [0.2, 0.25) is 0 Å². The van der Waals surface area contributed by atoms with E-state index in [-0.39, 0.29) is 0 Å². The van der Waals surface area contributed by atoms with Crippen molar-refractivity contribution in [3.05, 3.63) is 51.0 Å². The van der Waals surface area contributed by atoms with Gasteiger partial charge in [-0.1, -0.05) is 12.1 Å². The summed E-state index contributed by atoms with van der Waals surface area (Å²) in [6.45, 7) is 2.79. The summed E-state index contributed by atoms with van der Waals surface area (Å²) in [7, 11) is 0. The predicted octanol–water partition coefficient (Wildman–Crippen LogP) is 4.37. The largest absolute Gasteiger partial charge is 0.398 e. The van der Waals surface area contributed by atoms with Crippen LogP contribution >= 0.6 is 22.7 Å². The van der Waals surface area contributed by atoms with Crippen molar-refractivity contribution in [2.45, 2.75) is 13.5 Å². The Morgan fingerprint density at radius 3 is 2.55 bits per heavy atom. The van der Waals surface area contributed by atoms with Gasteiger partial charge in [0.25, 0.3) is 0 Å². The predicted molar refractivity (Wildman–Crippen MR) is 88.3 cm³/mol. The quantitative estimate of drug-likeness (QED) is 0.752. The van der Waals surface area contributed by atoms with Crippen molar-refractivity contribution in [3.8, 4) is 11.3 Å². The van der Waals surface area contributed by atoms with E-state index in [2.05, 4.69) is 39.9 Å². The van der Waals surface area contributed by atoms with Crippen molar-refractivity contribution < 1.29 is 0 Å². The summed E-state index contributed by atoms with van der Waals surface area (Å²) in [5, 5.41) is 8.58. The normalized spacial score (nSPS) is 10.7. The van der Waals surface area contributed by atoms with E-state index in [9.17, 15) is 0 Å². The number of aryl methyl sites for hydroxylation is 1. The van der Waals surface area contributed by atoms with E-state index in [1.165, 1.54) is 4.88 Å². The van der Waals surface area contributed by atoms with Gasteiger partial charge in [0.15, 0.2) is 0 Å². The minimum atomic E-state index is 0.763. The van der Waals surface area contributed by atoms with E-state index < -0.39 is 0 Å². The number of thiazole rings is 1. The fourth-order valence-electron chi connectivity index (χ4n) is 1.93. The molecular formula is C15H15N3S2. The Balaban J connectivity index is 1.69. The number of nitrogens with zero attached hydrogens (tertiary/aromatic N) is 1. The highest BCUT2D eigenvalue weighted by Gasteiger charge is 2.03. The zero-order valence-corrected chi connectivity index (χ0v) is 12.7. The number of nitrogen functional groups attached to an aromatic ring is 1. The SMILES string of the molecule is Cc1nc(-c2ccc(NCc3sccc3N)cc2)cs1. The minimum Gasteiger partial charge on any atom is -0.398 e. The maximum absolute atomic E-state index is 5.87. The number of hydrogen-bond donors (Lipinski definition) is 2. The molecule has 20 heavy (non-hydrogen) atoms. The molecule has 0 saturated carbocycles. The highest BCUT2D eigenvalue weighted by Crippen LogP contribution is 2.24. The third kappa shape index (κ3) is 2.84. The van der Waals surface area contributed by atoms with Gasteiger partial charge in [0.05, 0.1) is 17.2 Å². The van der Waals surface area contributed by atoms with Crippen LogP contribution in [0.25, 0.3) is 11.3 Å². The fourth-order valence-corrected chi connectivity index (χ4v) is 3.29. The molecule has 1 aromatic carbocycles. The molecule has 0 spiro atoms. The van der Waals surface area contributed by atoms with Gasteiger partial charge in [0.1, 0.15) is 0 Å². The average molecular weight is 301 g/mol. The van der Waals surface area contributed by atoms with Gasteiger partial charge in [-0.05, 0) is 30.5 Å². The lowest BCUT2D eigenvalue weighted by Crippen LogP contribution is -1.99. The second kappa shape index (κ2) is 5.64. The molecule has 0 bridgehead atoms. The zero-order chi connectivity index (χ0) is 13.9. The van der Waals surface area contributed by atoms with Gasteiger partial charge in [0, 0.05) is 27.2 Å². The molecule has 3 N–H and O–H groups in total. The van der Waals surface area contributed by atoms with Crippen LogP contribution in [0.15, 0.2) is 41.1 Å². The number of hydrogen-bond acceptors (Lipinski definition) is 5. The first kappa shape index (κ1) is 13.1. The molecule has 2 aromatic heterocycles. The van der Waals surface area contributed by atoms with E-state index in [1.54, 1.807) is 22.7 Å². The van der Waals surface area contributed by atoms with Crippen molar-refractivity contribution in [1.29, 1.82) is 0 Å². The Hall–Kier alpha value is -1.85. The van der Waals surface area contributed by atoms with Crippen LogP contribution < -0.4 is 11.1 Å². The van der Waals surface area contributed by atoms with Crippen LogP contribution in [0.2, 0.25) is 0 Å². The number of nitrogens with one attached hydrogen (secondary N) is 1. The van der Waals surface area contributed by atoms with Crippen LogP contribution in [-0.2, 0) is 6.54 Å². The summed E-state index contributed by atoms with van der Waals surface area (Å²) >= 11 is 3.35. The van der Waals surface area contributed by atoms with Gasteiger partial charge < -0.3 is 11.1 Å². The molecule has 0 aliphatic carbocycles. The van der Waals surface area contributed by atoms with Crippen LogP contribution in [0.1, 0.15) is 9.88 Å². The van der Waals surface area contributed by atoms with E-state index in [0.717, 1.165) is 34.2 Å². The monoisotopic (exact) mass is 301 g/mol. The molecule has 0 atom stereocenters. The first-order chi connectivity index (χ1) is 9.72. The lowest BCUT2D eigenvalue weighted by Gasteiger charge is -2.06. The van der Waals surface area contributed by atoms with Gasteiger partial charge >= 0.3 is 0 Å². The van der Waals surface area contributed by atoms with Crippen molar-refractivity contribution in [2.75, 3.05) is 11.1 Å². The molecule has 2 heterocycles. The van der Waals surface area contributed by atoms with Crippen molar-refractivity contribution in [2.24, 2.45) is 0 Å². The second-order valence-corrected chi connectivity index (χ2v) is 6.54. The lowest BCUT2D eigenvalue weighted by atomic mass is 10.1. The Morgan fingerprint density at radius 1 is 1.15 bits per heavy atom. The van der Waals surface area contributed by atoms with E-state index in [4.69, 9.17) is 5.73 Å². The highest BCUT2D eigenvalue weighted by atomic mass is 32.1. The highest BCUT2D eigenvalue weighted by molar-refractivity contribution is 7.10. The summed E-state index contributed by atoms with van der Waals surface area (Å²) in [6.07, 6.45) is 0. The zero-order valence-electron chi connectivity index (χ0n) is 11.1. The molecule has 3 aromatic rings. The third-order valence-electron chi connectivity index (χ3n) is 3.03. The van der Waals surface area contributed by atoms with Crippen LogP contribution in [0.5, 0.6) is 0 Å². The third-order valence-corrected chi connectivity index (χ3v) is 4.74. The Bertz CT molecular complexity index is 698. The van der Waals surface area contributed by atoms with Crippen LogP contribution in [0.3, 0.4) is 0 Å². The Kier molecular flexibility index (Phi) is 3.71. The van der Waals surface area contributed by atoms with Gasteiger partial charge in [-0.15, -0.1) is 22.7 Å². The molecule has 0 aliphatic heterocycles. The number of rotatable bonds is 4. The number of thiophene rings is 1. The maximum atomic E-state index is 5.87. The number of nitrogens with two attached hydrogens (primary N) is 1. The topological polar surface area (TPSA) is 50.9 Å². The van der Waals surface area contributed by atoms with Crippen molar-refractivity contribution >= 4 is 34.0 Å². The maximum Gasteiger partial charge on any atom is 0.0901 e. The van der Waals surface area contributed by atoms with Gasteiger partial charge in [-0.25, -0.2) is 4.98 Å². The standard InChI is InChI=1S/C15H15N3S2/c1-10-18-14(9-20-10)11-2-4-12(5-3-11)17-8-15-13(16)6-7-19-15/h2-7,9,17H,8,16H2,1H3. The van der Waals surface area contributed by atoms with Crippen LogP contribution in [-0.4, -0.2) is 4.98 Å². The molecule has 5 heteroatoms. The van der Waals surface area contributed by atoms with E-state index in [0.29, 0.717) is 0 Å². The Morgan fingerprint density at radius 2 is 1.95 bits per heavy atom. The van der Waals surface area contributed by atoms with Crippen LogP contribution in [0, 0.1) is 6.92 Å². The van der Waals surface area contributed by atoms with Crippen molar-refractivity contribution in [1.82, 2.24) is 4.98 Å². The van der Waals surface area contributed by atoms with E-state index >= 15 is 0 Å². The molecule has 0 fully saturated rings. The molecule has 3 rings (SSSR count). The molecule has 0 radical (unpaired) electrons. The summed E-state index contributed by atoms with van der Waals surface area (Å²) < 4.78 is 0. The minimum absolute atomic E-state index is 0.763. The molecule has 0 unspecified atom stereocenters. The number of anilines is 2. The average Bonchev–Trinajstić information content (AvgIpc) is 3.06. The van der Waals surface area contributed by atoms with Crippen molar-refractivity contribution in [3.63, 3.8) is 0 Å².